The van der Waals surface area contributed by atoms with Crippen molar-refractivity contribution < 1.29 is 28.6 Å². The maximum Gasteiger partial charge on any atom is 0.306 e. The summed E-state index contributed by atoms with van der Waals surface area (Å²) in [5.41, 5.74) is 0.571. The quantitative estimate of drug-likeness (QED) is 0.291. The van der Waals surface area contributed by atoms with Crippen LogP contribution in [-0.2, 0) is 28.6 Å². The molecule has 0 aliphatic rings. The maximum atomic E-state index is 11.3. The zero-order chi connectivity index (χ0) is 17.5. The molecule has 0 spiro atoms. The van der Waals surface area contributed by atoms with E-state index in [4.69, 9.17) is 9.47 Å². The van der Waals surface area contributed by atoms with Gasteiger partial charge in [-0.15, -0.1) is 0 Å². The van der Waals surface area contributed by atoms with Crippen molar-refractivity contribution in [3.63, 3.8) is 0 Å². The summed E-state index contributed by atoms with van der Waals surface area (Å²) >= 11 is 0. The second kappa shape index (κ2) is 13.9. The molecule has 7 heteroatoms. The lowest BCUT2D eigenvalue weighted by Crippen LogP contribution is -2.28. The third-order valence-electron chi connectivity index (χ3n) is 2.89. The van der Waals surface area contributed by atoms with Crippen molar-refractivity contribution in [2.45, 2.75) is 32.6 Å². The first-order valence-corrected chi connectivity index (χ1v) is 7.65. The van der Waals surface area contributed by atoms with Gasteiger partial charge in [0.1, 0.15) is 0 Å². The van der Waals surface area contributed by atoms with Crippen LogP contribution in [0.5, 0.6) is 0 Å². The molecule has 0 aromatic heterocycles. The Morgan fingerprint density at radius 2 is 1.61 bits per heavy atom. The smallest absolute Gasteiger partial charge is 0.306 e. The van der Waals surface area contributed by atoms with Gasteiger partial charge >= 0.3 is 5.97 Å². The number of hydrogen-bond donors (Lipinski definition) is 1. The van der Waals surface area contributed by atoms with Crippen molar-refractivity contribution >= 4 is 17.7 Å². The van der Waals surface area contributed by atoms with Crippen molar-refractivity contribution in [2.75, 3.05) is 40.1 Å². The Labute approximate surface area is 137 Å². The van der Waals surface area contributed by atoms with E-state index in [-0.39, 0.29) is 24.5 Å². The zero-order valence-electron chi connectivity index (χ0n) is 14.0. The molecule has 1 N–H and O–H groups in total. The van der Waals surface area contributed by atoms with E-state index in [1.165, 1.54) is 7.11 Å². The van der Waals surface area contributed by atoms with Crippen LogP contribution in [0.25, 0.3) is 0 Å². The van der Waals surface area contributed by atoms with Gasteiger partial charge in [0, 0.05) is 26.0 Å². The number of hydrogen-bond acceptors (Lipinski definition) is 6. The molecule has 0 atom stereocenters. The highest BCUT2D eigenvalue weighted by molar-refractivity contribution is 5.93. The van der Waals surface area contributed by atoms with Crippen molar-refractivity contribution in [1.29, 1.82) is 0 Å². The first-order chi connectivity index (χ1) is 11.0. The molecular formula is C16H27NO6. The van der Waals surface area contributed by atoms with Crippen molar-refractivity contribution in [3.05, 3.63) is 12.2 Å². The third-order valence-corrected chi connectivity index (χ3v) is 2.89. The lowest BCUT2D eigenvalue weighted by atomic mass is 10.1. The highest BCUT2D eigenvalue weighted by Gasteiger charge is 2.05. The first kappa shape index (κ1) is 21.3. The lowest BCUT2D eigenvalue weighted by Gasteiger charge is -2.07. The number of carbonyl (C=O) groups is 3. The van der Waals surface area contributed by atoms with Gasteiger partial charge in [-0.25, -0.2) is 0 Å². The Bertz CT molecular complexity index is 394. The maximum absolute atomic E-state index is 11.3. The van der Waals surface area contributed by atoms with Gasteiger partial charge < -0.3 is 19.5 Å². The van der Waals surface area contributed by atoms with Gasteiger partial charge in [-0.1, -0.05) is 6.58 Å². The van der Waals surface area contributed by atoms with Gasteiger partial charge in [-0.3, -0.25) is 14.4 Å². The molecule has 0 rings (SSSR count). The molecule has 0 saturated carbocycles. The van der Waals surface area contributed by atoms with E-state index in [9.17, 15) is 14.4 Å². The topological polar surface area (TPSA) is 90.9 Å². The van der Waals surface area contributed by atoms with E-state index in [2.05, 4.69) is 16.6 Å². The fraction of sp³-hybridized carbons (Fsp3) is 0.688. The van der Waals surface area contributed by atoms with Gasteiger partial charge in [0.15, 0.2) is 5.78 Å². The van der Waals surface area contributed by atoms with Gasteiger partial charge in [0.05, 0.1) is 33.4 Å². The molecule has 0 aliphatic heterocycles. The summed E-state index contributed by atoms with van der Waals surface area (Å²) in [6.07, 6.45) is 1.30. The Morgan fingerprint density at radius 3 is 2.22 bits per heavy atom. The second-order valence-corrected chi connectivity index (χ2v) is 4.96. The van der Waals surface area contributed by atoms with Gasteiger partial charge in [0.25, 0.3) is 0 Å². The number of ether oxygens (including phenoxy) is 3. The number of rotatable bonds is 14. The molecule has 132 valence electrons. The minimum Gasteiger partial charge on any atom is -0.469 e. The Hall–Kier alpha value is -1.73. The predicted molar refractivity (Wildman–Crippen MR) is 85.0 cm³/mol. The molecule has 0 aromatic carbocycles. The molecule has 7 nitrogen and oxygen atoms in total. The zero-order valence-corrected chi connectivity index (χ0v) is 14.0. The van der Waals surface area contributed by atoms with Crippen LogP contribution in [0.2, 0.25) is 0 Å². The van der Waals surface area contributed by atoms with E-state index in [1.807, 2.05) is 0 Å². The number of Topliss-reactive ketones (excluding diaryl/α,β-unsaturated/α-hetero) is 1. The first-order valence-electron chi connectivity index (χ1n) is 7.65. The molecular weight excluding hydrogens is 302 g/mol. The molecule has 0 heterocycles. The van der Waals surface area contributed by atoms with Crippen LogP contribution < -0.4 is 5.32 Å². The van der Waals surface area contributed by atoms with Crippen LogP contribution in [0.3, 0.4) is 0 Å². The lowest BCUT2D eigenvalue weighted by molar-refractivity contribution is -0.142. The van der Waals surface area contributed by atoms with Crippen LogP contribution in [-0.4, -0.2) is 57.7 Å². The fourth-order valence-corrected chi connectivity index (χ4v) is 1.54. The second-order valence-electron chi connectivity index (χ2n) is 4.96. The number of nitrogens with one attached hydrogen (secondary N) is 1. The molecule has 0 fully saturated rings. The third kappa shape index (κ3) is 13.6. The number of methoxy groups -OCH3 is 1. The molecule has 0 saturated heterocycles. The normalized spacial score (nSPS) is 10.2. The number of allylic oxidation sites excluding steroid dienone is 1. The highest BCUT2D eigenvalue weighted by atomic mass is 16.5. The summed E-state index contributed by atoms with van der Waals surface area (Å²) in [6, 6.07) is 0. The Morgan fingerprint density at radius 1 is 0.957 bits per heavy atom. The van der Waals surface area contributed by atoms with Gasteiger partial charge in [-0.05, 0) is 18.9 Å². The van der Waals surface area contributed by atoms with Gasteiger partial charge in [-0.2, -0.15) is 0 Å². The minimum atomic E-state index is -0.404. The molecule has 0 unspecified atom stereocenters. The van der Waals surface area contributed by atoms with E-state index in [1.54, 1.807) is 6.92 Å². The molecule has 0 aliphatic carbocycles. The molecule has 0 radical (unpaired) electrons. The number of amides is 1. The molecule has 1 amide bonds. The summed E-state index contributed by atoms with van der Waals surface area (Å²) in [6.45, 7) is 7.42. The summed E-state index contributed by atoms with van der Waals surface area (Å²) in [5.74, 6) is -0.552. The van der Waals surface area contributed by atoms with E-state index in [0.29, 0.717) is 51.4 Å². The van der Waals surface area contributed by atoms with Crippen molar-refractivity contribution in [1.82, 2.24) is 5.32 Å². The summed E-state index contributed by atoms with van der Waals surface area (Å²) < 4.78 is 15.1. The van der Waals surface area contributed by atoms with Crippen LogP contribution >= 0.6 is 0 Å². The molecule has 23 heavy (non-hydrogen) atoms. The van der Waals surface area contributed by atoms with Crippen molar-refractivity contribution in [2.24, 2.45) is 0 Å². The standard InChI is InChI=1S/C16H27NO6/c1-13(2)14(18)5-4-9-22-11-12-23-10-8-17-15(19)6-7-16(20)21-3/h1,4-12H2,2-3H3,(H,17,19). The van der Waals surface area contributed by atoms with E-state index >= 15 is 0 Å². The molecule has 0 bridgehead atoms. The van der Waals surface area contributed by atoms with Gasteiger partial charge in [0.2, 0.25) is 5.91 Å². The minimum absolute atomic E-state index is 0.0628. The van der Waals surface area contributed by atoms with E-state index in [0.717, 1.165) is 0 Å². The number of ketones is 1. The Kier molecular flexibility index (Phi) is 12.9. The summed E-state index contributed by atoms with van der Waals surface area (Å²) in [7, 11) is 1.29. The van der Waals surface area contributed by atoms with Crippen molar-refractivity contribution in [3.8, 4) is 0 Å². The summed E-state index contributed by atoms with van der Waals surface area (Å²) in [5, 5.41) is 2.64. The average Bonchev–Trinajstić information content (AvgIpc) is 2.53. The fourth-order valence-electron chi connectivity index (χ4n) is 1.54. The summed E-state index contributed by atoms with van der Waals surface area (Å²) in [4.78, 5) is 33.5. The molecule has 0 aromatic rings. The largest absolute Gasteiger partial charge is 0.469 e. The van der Waals surface area contributed by atoms with E-state index < -0.39 is 5.97 Å². The highest BCUT2D eigenvalue weighted by Crippen LogP contribution is 1.99. The van der Waals surface area contributed by atoms with Crippen LogP contribution in [0, 0.1) is 0 Å². The predicted octanol–water partition coefficient (Wildman–Crippen LogP) is 1.01. The monoisotopic (exact) mass is 329 g/mol. The number of carbonyl (C=O) groups excluding carboxylic acids is 3. The average molecular weight is 329 g/mol. The van der Waals surface area contributed by atoms with Crippen LogP contribution in [0.1, 0.15) is 32.6 Å². The Balaban J connectivity index is 3.30. The SMILES string of the molecule is C=C(C)C(=O)CCCOCCOCCNC(=O)CCC(=O)OC. The number of esters is 1. The van der Waals surface area contributed by atoms with Crippen LogP contribution in [0.15, 0.2) is 12.2 Å². The van der Waals surface area contributed by atoms with Crippen LogP contribution in [0.4, 0.5) is 0 Å².